The van der Waals surface area contributed by atoms with Gasteiger partial charge in [-0.1, -0.05) is 42.5 Å². The lowest BCUT2D eigenvalue weighted by atomic mass is 9.97. The van der Waals surface area contributed by atoms with Gasteiger partial charge in [-0.2, -0.15) is 0 Å². The first kappa shape index (κ1) is 17.2. The topological polar surface area (TPSA) is 46.2 Å². The van der Waals surface area contributed by atoms with Gasteiger partial charge >= 0.3 is 0 Å². The monoisotopic (exact) mass is 343 g/mol. The summed E-state index contributed by atoms with van der Waals surface area (Å²) in [5, 5.41) is -0.401. The largest absolute Gasteiger partial charge is 0.214 e. The first-order valence-electron chi connectivity index (χ1n) is 8.54. The van der Waals surface area contributed by atoms with Crippen LogP contribution in [0, 0.1) is 6.92 Å². The Kier molecular flexibility index (Phi) is 4.79. The Morgan fingerprint density at radius 2 is 1.92 bits per heavy atom. The first-order chi connectivity index (χ1) is 11.4. The molecule has 1 aliphatic carbocycles. The summed E-state index contributed by atoms with van der Waals surface area (Å²) in [6.45, 7) is 5.56. The third kappa shape index (κ3) is 3.55. The Bertz CT molecular complexity index is 840. The third-order valence-electron chi connectivity index (χ3n) is 4.87. The Morgan fingerprint density at radius 1 is 1.17 bits per heavy atom. The van der Waals surface area contributed by atoms with E-state index in [0.29, 0.717) is 0 Å². The number of aryl methyl sites for hydroxylation is 2. The SMILES string of the molecule is Cc1ccccc1Cc1ccc2c(c1)CCC2NS(=O)(=O)C(C)C. The maximum atomic E-state index is 12.1. The van der Waals surface area contributed by atoms with Gasteiger partial charge in [-0.15, -0.1) is 0 Å². The van der Waals surface area contributed by atoms with E-state index in [2.05, 4.69) is 54.1 Å². The number of hydrogen-bond acceptors (Lipinski definition) is 2. The lowest BCUT2D eigenvalue weighted by Gasteiger charge is -2.17. The Morgan fingerprint density at radius 3 is 2.62 bits per heavy atom. The van der Waals surface area contributed by atoms with E-state index in [9.17, 15) is 8.42 Å². The van der Waals surface area contributed by atoms with Crippen LogP contribution in [0.4, 0.5) is 0 Å². The van der Waals surface area contributed by atoms with Crippen molar-refractivity contribution in [3.8, 4) is 0 Å². The summed E-state index contributed by atoms with van der Waals surface area (Å²) in [5.41, 5.74) is 6.34. The Hall–Kier alpha value is -1.65. The van der Waals surface area contributed by atoms with Crippen molar-refractivity contribution in [1.82, 2.24) is 4.72 Å². The van der Waals surface area contributed by atoms with Gasteiger partial charge in [0.15, 0.2) is 0 Å². The lowest BCUT2D eigenvalue weighted by molar-refractivity contribution is 0.546. The molecule has 1 unspecified atom stereocenters. The van der Waals surface area contributed by atoms with E-state index < -0.39 is 15.3 Å². The van der Waals surface area contributed by atoms with Gasteiger partial charge in [-0.3, -0.25) is 0 Å². The van der Waals surface area contributed by atoms with E-state index in [4.69, 9.17) is 0 Å². The number of fused-ring (bicyclic) bond motifs is 1. The van der Waals surface area contributed by atoms with Crippen LogP contribution in [-0.2, 0) is 22.9 Å². The summed E-state index contributed by atoms with van der Waals surface area (Å²) in [5.74, 6) is 0. The van der Waals surface area contributed by atoms with Crippen LogP contribution in [0.15, 0.2) is 42.5 Å². The van der Waals surface area contributed by atoms with Crippen LogP contribution in [0.1, 0.15) is 54.1 Å². The molecular weight excluding hydrogens is 318 g/mol. The van der Waals surface area contributed by atoms with Crippen LogP contribution in [0.5, 0.6) is 0 Å². The molecule has 2 aromatic carbocycles. The van der Waals surface area contributed by atoms with Crippen molar-refractivity contribution in [2.24, 2.45) is 0 Å². The van der Waals surface area contributed by atoms with Crippen molar-refractivity contribution >= 4 is 10.0 Å². The van der Waals surface area contributed by atoms with E-state index in [0.717, 1.165) is 24.8 Å². The van der Waals surface area contributed by atoms with Crippen LogP contribution in [0.25, 0.3) is 0 Å². The molecule has 1 N–H and O–H groups in total. The van der Waals surface area contributed by atoms with Gasteiger partial charge in [-0.25, -0.2) is 13.1 Å². The molecule has 1 atom stereocenters. The second-order valence-electron chi connectivity index (χ2n) is 6.94. The molecule has 0 aliphatic heterocycles. The molecule has 0 spiro atoms. The highest BCUT2D eigenvalue weighted by Crippen LogP contribution is 2.33. The van der Waals surface area contributed by atoms with Crippen LogP contribution in [-0.4, -0.2) is 13.7 Å². The molecule has 0 fully saturated rings. The molecule has 1 aliphatic rings. The fourth-order valence-electron chi connectivity index (χ4n) is 3.27. The summed E-state index contributed by atoms with van der Waals surface area (Å²) >= 11 is 0. The third-order valence-corrected chi connectivity index (χ3v) is 6.72. The molecule has 3 rings (SSSR count). The molecule has 0 radical (unpaired) electrons. The van der Waals surface area contributed by atoms with E-state index in [1.165, 1.54) is 22.3 Å². The van der Waals surface area contributed by atoms with Crippen molar-refractivity contribution < 1.29 is 8.42 Å². The molecular formula is C20H25NO2S. The average molecular weight is 343 g/mol. The van der Waals surface area contributed by atoms with Gasteiger partial charge in [0.25, 0.3) is 0 Å². The van der Waals surface area contributed by atoms with Gasteiger partial charge in [-0.05, 0) is 67.9 Å². The van der Waals surface area contributed by atoms with Crippen molar-refractivity contribution in [1.29, 1.82) is 0 Å². The van der Waals surface area contributed by atoms with E-state index >= 15 is 0 Å². The van der Waals surface area contributed by atoms with E-state index in [1.807, 2.05) is 0 Å². The molecule has 3 nitrogen and oxygen atoms in total. The highest BCUT2D eigenvalue weighted by molar-refractivity contribution is 7.90. The zero-order valence-corrected chi connectivity index (χ0v) is 15.4. The molecule has 0 bridgehead atoms. The average Bonchev–Trinajstić information content (AvgIpc) is 2.91. The maximum absolute atomic E-state index is 12.1. The number of hydrogen-bond donors (Lipinski definition) is 1. The standard InChI is InChI=1S/C20H25NO2S/c1-14(2)24(22,23)21-20-11-9-18-13-16(8-10-19(18)20)12-17-7-5-4-6-15(17)3/h4-8,10,13-14,20-21H,9,11-12H2,1-3H3. The number of benzene rings is 2. The Labute approximate surface area is 145 Å². The second kappa shape index (κ2) is 6.69. The zero-order chi connectivity index (χ0) is 17.3. The van der Waals surface area contributed by atoms with E-state index in [-0.39, 0.29) is 6.04 Å². The molecule has 0 saturated heterocycles. The van der Waals surface area contributed by atoms with Gasteiger partial charge < -0.3 is 0 Å². The predicted molar refractivity (Wildman–Crippen MR) is 98.7 cm³/mol. The van der Waals surface area contributed by atoms with Crippen molar-refractivity contribution in [3.05, 3.63) is 70.3 Å². The summed E-state index contributed by atoms with van der Waals surface area (Å²) in [6.07, 6.45) is 2.69. The molecule has 24 heavy (non-hydrogen) atoms. The Balaban J connectivity index is 1.80. The van der Waals surface area contributed by atoms with Crippen LogP contribution in [0.2, 0.25) is 0 Å². The van der Waals surface area contributed by atoms with Crippen LogP contribution < -0.4 is 4.72 Å². The fraction of sp³-hybridized carbons (Fsp3) is 0.400. The normalized spacial score (nSPS) is 17.2. The smallest absolute Gasteiger partial charge is 0.212 e. The molecule has 0 aromatic heterocycles. The minimum atomic E-state index is -3.24. The van der Waals surface area contributed by atoms with Crippen molar-refractivity contribution in [2.75, 3.05) is 0 Å². The number of rotatable bonds is 5. The molecule has 0 amide bonds. The summed E-state index contributed by atoms with van der Waals surface area (Å²) in [7, 11) is -3.24. The fourth-order valence-corrected chi connectivity index (χ4v) is 4.18. The highest BCUT2D eigenvalue weighted by Gasteiger charge is 2.28. The van der Waals surface area contributed by atoms with Crippen molar-refractivity contribution in [3.63, 3.8) is 0 Å². The summed E-state index contributed by atoms with van der Waals surface area (Å²) in [4.78, 5) is 0. The molecule has 2 aromatic rings. The highest BCUT2D eigenvalue weighted by atomic mass is 32.2. The van der Waals surface area contributed by atoms with Gasteiger partial charge in [0, 0.05) is 6.04 Å². The van der Waals surface area contributed by atoms with E-state index in [1.54, 1.807) is 13.8 Å². The van der Waals surface area contributed by atoms with Crippen LogP contribution in [0.3, 0.4) is 0 Å². The van der Waals surface area contributed by atoms with Gasteiger partial charge in [0.05, 0.1) is 5.25 Å². The van der Waals surface area contributed by atoms with Crippen LogP contribution >= 0.6 is 0 Å². The van der Waals surface area contributed by atoms with Crippen molar-refractivity contribution in [2.45, 2.75) is 51.3 Å². The molecule has 128 valence electrons. The summed E-state index contributed by atoms with van der Waals surface area (Å²) in [6, 6.07) is 14.8. The zero-order valence-electron chi connectivity index (χ0n) is 14.5. The molecule has 0 saturated carbocycles. The lowest BCUT2D eigenvalue weighted by Crippen LogP contribution is -2.33. The predicted octanol–water partition coefficient (Wildman–Crippen LogP) is 3.90. The minimum absolute atomic E-state index is 0.0834. The molecule has 4 heteroatoms. The quantitative estimate of drug-likeness (QED) is 0.895. The second-order valence-corrected chi connectivity index (χ2v) is 9.21. The van der Waals surface area contributed by atoms with Gasteiger partial charge in [0.2, 0.25) is 10.0 Å². The maximum Gasteiger partial charge on any atom is 0.214 e. The first-order valence-corrected chi connectivity index (χ1v) is 10.1. The summed E-state index contributed by atoms with van der Waals surface area (Å²) < 4.78 is 27.1. The van der Waals surface area contributed by atoms with Gasteiger partial charge in [0.1, 0.15) is 0 Å². The number of sulfonamides is 1. The minimum Gasteiger partial charge on any atom is -0.212 e. The number of nitrogens with one attached hydrogen (secondary N) is 1. The molecule has 0 heterocycles.